The average Bonchev–Trinajstić information content (AvgIpc) is 3.20. The van der Waals surface area contributed by atoms with Gasteiger partial charge in [0.2, 0.25) is 0 Å². The summed E-state index contributed by atoms with van der Waals surface area (Å²) in [5.74, 6) is 0. The third-order valence-corrected chi connectivity index (χ3v) is 3.12. The van der Waals surface area contributed by atoms with E-state index >= 15 is 0 Å². The Morgan fingerprint density at radius 3 is 2.26 bits per heavy atom. The van der Waals surface area contributed by atoms with Gasteiger partial charge in [0.15, 0.2) is 0 Å². The number of fused-ring (bicyclic) bond motifs is 1. The van der Waals surface area contributed by atoms with Crippen LogP contribution in [0.2, 0.25) is 0 Å². The molecule has 0 fully saturated rings. The van der Waals surface area contributed by atoms with Gasteiger partial charge in [0.1, 0.15) is 12.7 Å². The van der Waals surface area contributed by atoms with Crippen LogP contribution in [0.4, 0.5) is 0 Å². The maximum absolute atomic E-state index is 4.09. The van der Waals surface area contributed by atoms with Gasteiger partial charge in [-0.1, -0.05) is 13.0 Å². The molecular weight excluding hydrogens is 408 g/mol. The first kappa shape index (κ1) is 21.8. The SMILES string of the molecule is C[c-]1cccc1.[Cl-].[Cl-].[Zr+4].c1ccc2[cH-]c(-n3cncn3)cc2c1. The summed E-state index contributed by atoms with van der Waals surface area (Å²) in [6.07, 6.45) is 3.24. The Balaban J connectivity index is 0.000000469. The summed E-state index contributed by atoms with van der Waals surface area (Å²) in [4.78, 5) is 3.92. The van der Waals surface area contributed by atoms with Crippen LogP contribution in [0, 0.1) is 6.92 Å². The normalized spacial score (nSPS) is 8.91. The Bertz CT molecular complexity index is 744. The third kappa shape index (κ3) is 5.73. The zero-order valence-corrected chi connectivity index (χ0v) is 16.5. The number of benzene rings is 1. The van der Waals surface area contributed by atoms with E-state index in [1.54, 1.807) is 11.0 Å². The summed E-state index contributed by atoms with van der Waals surface area (Å²) in [7, 11) is 0. The summed E-state index contributed by atoms with van der Waals surface area (Å²) in [6, 6.07) is 20.7. The zero-order valence-electron chi connectivity index (χ0n) is 12.5. The van der Waals surface area contributed by atoms with Gasteiger partial charge < -0.3 is 24.8 Å². The largest absolute Gasteiger partial charge is 4.00 e. The van der Waals surface area contributed by atoms with Crippen LogP contribution in [0.1, 0.15) is 5.56 Å². The van der Waals surface area contributed by atoms with E-state index in [-0.39, 0.29) is 51.0 Å². The number of aromatic nitrogens is 3. The summed E-state index contributed by atoms with van der Waals surface area (Å²) >= 11 is 0. The summed E-state index contributed by atoms with van der Waals surface area (Å²) in [6.45, 7) is 2.08. The van der Waals surface area contributed by atoms with Crippen LogP contribution >= 0.6 is 0 Å². The minimum Gasteiger partial charge on any atom is -1.00 e. The Hall–Kier alpha value is -1.22. The van der Waals surface area contributed by atoms with E-state index in [9.17, 15) is 0 Å². The maximum Gasteiger partial charge on any atom is 4.00 e. The number of aryl methyl sites for hydroxylation is 1. The molecular formula is C17H15Cl2N3Zr. The predicted octanol–water partition coefficient (Wildman–Crippen LogP) is -2.14. The van der Waals surface area contributed by atoms with Gasteiger partial charge >= 0.3 is 26.2 Å². The zero-order chi connectivity index (χ0) is 13.8. The van der Waals surface area contributed by atoms with E-state index in [4.69, 9.17) is 0 Å². The van der Waals surface area contributed by atoms with Crippen LogP contribution in [-0.2, 0) is 26.2 Å². The standard InChI is InChI=1S/C11H8N3.C6H7.2ClH.Zr/c1-2-4-10-6-11(5-9(10)3-1)14-8-12-7-13-14;1-6-4-2-3-5-6;;;/h1-8H;2-5H,1H3;2*1H;/q2*-1;;;+4/p-2. The molecule has 0 aliphatic heterocycles. The van der Waals surface area contributed by atoms with E-state index in [0.717, 1.165) is 5.69 Å². The fourth-order valence-corrected chi connectivity index (χ4v) is 2.08. The first-order valence-electron chi connectivity index (χ1n) is 6.52. The molecule has 0 spiro atoms. The monoisotopic (exact) mass is 421 g/mol. The second kappa shape index (κ2) is 10.5. The molecule has 0 N–H and O–H groups in total. The van der Waals surface area contributed by atoms with Crippen molar-refractivity contribution in [3.05, 3.63) is 78.9 Å². The van der Waals surface area contributed by atoms with Crippen molar-refractivity contribution in [1.29, 1.82) is 0 Å². The first-order chi connectivity index (χ1) is 9.83. The summed E-state index contributed by atoms with van der Waals surface area (Å²) in [5.41, 5.74) is 2.40. The Morgan fingerprint density at radius 2 is 1.74 bits per heavy atom. The number of rotatable bonds is 1. The van der Waals surface area contributed by atoms with Crippen molar-refractivity contribution in [1.82, 2.24) is 14.8 Å². The minimum atomic E-state index is 0. The number of nitrogens with zero attached hydrogens (tertiary/aromatic N) is 3. The molecule has 0 aliphatic carbocycles. The molecule has 0 saturated heterocycles. The topological polar surface area (TPSA) is 30.7 Å². The van der Waals surface area contributed by atoms with Gasteiger partial charge in [-0.25, -0.2) is 21.8 Å². The molecule has 116 valence electrons. The van der Waals surface area contributed by atoms with Gasteiger partial charge in [-0.3, -0.25) is 0 Å². The van der Waals surface area contributed by atoms with Crippen LogP contribution in [0.3, 0.4) is 0 Å². The predicted molar refractivity (Wildman–Crippen MR) is 81.2 cm³/mol. The fourth-order valence-electron chi connectivity index (χ4n) is 2.08. The van der Waals surface area contributed by atoms with Crippen molar-refractivity contribution in [3.63, 3.8) is 0 Å². The molecule has 3 nitrogen and oxygen atoms in total. The van der Waals surface area contributed by atoms with Crippen LogP contribution in [0.25, 0.3) is 16.5 Å². The molecule has 0 aliphatic rings. The molecule has 0 atom stereocenters. The minimum absolute atomic E-state index is 0. The van der Waals surface area contributed by atoms with E-state index in [1.165, 1.54) is 22.7 Å². The van der Waals surface area contributed by atoms with Crippen molar-refractivity contribution < 1.29 is 51.0 Å². The Labute approximate surface area is 167 Å². The van der Waals surface area contributed by atoms with Gasteiger partial charge in [-0.05, 0) is 5.69 Å². The quantitative estimate of drug-likeness (QED) is 0.327. The fraction of sp³-hybridized carbons (Fsp3) is 0.0588. The molecule has 3 aromatic carbocycles. The second-order valence-electron chi connectivity index (χ2n) is 4.64. The maximum atomic E-state index is 4.09. The molecule has 0 saturated carbocycles. The van der Waals surface area contributed by atoms with Crippen molar-refractivity contribution in [3.8, 4) is 5.69 Å². The van der Waals surface area contributed by atoms with Crippen molar-refractivity contribution >= 4 is 10.8 Å². The van der Waals surface area contributed by atoms with Gasteiger partial charge in [0.05, 0.1) is 0 Å². The Morgan fingerprint density at radius 1 is 1.04 bits per heavy atom. The molecule has 0 bridgehead atoms. The second-order valence-corrected chi connectivity index (χ2v) is 4.64. The van der Waals surface area contributed by atoms with Gasteiger partial charge in [0, 0.05) is 0 Å². The van der Waals surface area contributed by atoms with Crippen molar-refractivity contribution in [2.75, 3.05) is 0 Å². The number of halogens is 2. The molecule has 1 heterocycles. The van der Waals surface area contributed by atoms with Gasteiger partial charge in [0.25, 0.3) is 0 Å². The van der Waals surface area contributed by atoms with Crippen molar-refractivity contribution in [2.24, 2.45) is 0 Å². The number of hydrogen-bond acceptors (Lipinski definition) is 2. The van der Waals surface area contributed by atoms with E-state index in [2.05, 4.69) is 53.4 Å². The Kier molecular flexibility index (Phi) is 9.98. The summed E-state index contributed by atoms with van der Waals surface area (Å²) < 4.78 is 1.76. The van der Waals surface area contributed by atoms with Crippen LogP contribution in [0.5, 0.6) is 0 Å². The molecule has 4 rings (SSSR count). The molecule has 0 amide bonds. The summed E-state index contributed by atoms with van der Waals surface area (Å²) in [5, 5.41) is 6.56. The molecule has 6 heteroatoms. The van der Waals surface area contributed by atoms with Crippen LogP contribution in [-0.4, -0.2) is 14.8 Å². The number of hydrogen-bond donors (Lipinski definition) is 0. The molecule has 0 radical (unpaired) electrons. The molecule has 1 aromatic heterocycles. The smallest absolute Gasteiger partial charge is 1.00 e. The molecule has 23 heavy (non-hydrogen) atoms. The van der Waals surface area contributed by atoms with Crippen LogP contribution in [0.15, 0.2) is 73.3 Å². The van der Waals surface area contributed by atoms with Crippen LogP contribution < -0.4 is 24.8 Å². The van der Waals surface area contributed by atoms with Gasteiger partial charge in [-0.2, -0.15) is 22.8 Å². The molecule has 0 unspecified atom stereocenters. The third-order valence-electron chi connectivity index (χ3n) is 3.12. The van der Waals surface area contributed by atoms with E-state index in [0.29, 0.717) is 0 Å². The average molecular weight is 423 g/mol. The van der Waals surface area contributed by atoms with Gasteiger partial charge in [-0.15, -0.1) is 41.1 Å². The van der Waals surface area contributed by atoms with E-state index in [1.807, 2.05) is 24.3 Å². The van der Waals surface area contributed by atoms with Crippen molar-refractivity contribution in [2.45, 2.75) is 6.92 Å². The molecule has 4 aromatic rings. The van der Waals surface area contributed by atoms with E-state index < -0.39 is 0 Å². The first-order valence-corrected chi connectivity index (χ1v) is 6.52.